The van der Waals surface area contributed by atoms with Crippen molar-refractivity contribution in [3.8, 4) is 5.75 Å². The molecule has 4 rings (SSSR count). The van der Waals surface area contributed by atoms with Gasteiger partial charge < -0.3 is 19.2 Å². The van der Waals surface area contributed by atoms with Crippen LogP contribution >= 0.6 is 11.6 Å². The average molecular weight is 442 g/mol. The quantitative estimate of drug-likeness (QED) is 0.352. The summed E-state index contributed by atoms with van der Waals surface area (Å²) >= 11 is 6.16. The fourth-order valence-electron chi connectivity index (χ4n) is 3.57. The van der Waals surface area contributed by atoms with Gasteiger partial charge in [-0.05, 0) is 48.0 Å². The van der Waals surface area contributed by atoms with E-state index in [1.165, 1.54) is 54.7 Å². The molecule has 0 radical (unpaired) electrons. The molecule has 3 aromatic rings. The topological polar surface area (TPSA) is 80.0 Å². The van der Waals surface area contributed by atoms with Gasteiger partial charge in [-0.1, -0.05) is 23.7 Å². The number of hydrogen-bond donors (Lipinski definition) is 1. The minimum atomic E-state index is -0.938. The number of rotatable bonds is 5. The first-order valence-corrected chi connectivity index (χ1v) is 9.68. The zero-order valence-electron chi connectivity index (χ0n) is 16.3. The van der Waals surface area contributed by atoms with E-state index in [9.17, 15) is 19.1 Å². The maximum absolute atomic E-state index is 13.5. The van der Waals surface area contributed by atoms with E-state index in [2.05, 4.69) is 0 Å². The Morgan fingerprint density at radius 3 is 2.55 bits per heavy atom. The molecular weight excluding hydrogens is 425 g/mol. The lowest BCUT2D eigenvalue weighted by atomic mass is 9.95. The van der Waals surface area contributed by atoms with Crippen molar-refractivity contribution in [1.82, 2.24) is 4.90 Å². The first-order chi connectivity index (χ1) is 14.9. The summed E-state index contributed by atoms with van der Waals surface area (Å²) in [4.78, 5) is 27.1. The van der Waals surface area contributed by atoms with E-state index in [1.54, 1.807) is 18.2 Å². The largest absolute Gasteiger partial charge is 0.507 e. The zero-order valence-corrected chi connectivity index (χ0v) is 17.1. The smallest absolute Gasteiger partial charge is 0.296 e. The molecule has 1 unspecified atom stereocenters. The zero-order chi connectivity index (χ0) is 22.1. The maximum atomic E-state index is 13.5. The van der Waals surface area contributed by atoms with Crippen LogP contribution in [0.3, 0.4) is 0 Å². The molecule has 158 valence electrons. The number of carbonyl (C=O) groups is 2. The molecule has 0 aliphatic carbocycles. The average Bonchev–Trinajstić information content (AvgIpc) is 3.36. The number of ketones is 1. The highest BCUT2D eigenvalue weighted by atomic mass is 35.5. The van der Waals surface area contributed by atoms with Crippen molar-refractivity contribution in [2.75, 3.05) is 7.11 Å². The van der Waals surface area contributed by atoms with E-state index in [0.717, 1.165) is 0 Å². The molecule has 0 bridgehead atoms. The Kier molecular flexibility index (Phi) is 5.52. The number of methoxy groups -OCH3 is 1. The minimum Gasteiger partial charge on any atom is -0.507 e. The number of nitrogens with zero attached hydrogens (tertiary/aromatic N) is 1. The first-order valence-electron chi connectivity index (χ1n) is 9.31. The SMILES string of the molecule is COc1ccc(/C(O)=C2/C(=O)C(=O)N(Cc3ccco3)C2c2ccc(F)cc2)cc1Cl. The molecule has 6 nitrogen and oxygen atoms in total. The Morgan fingerprint density at radius 2 is 1.94 bits per heavy atom. The number of Topliss-reactive ketones (excluding diaryl/α,β-unsaturated/α-hetero) is 1. The van der Waals surface area contributed by atoms with Gasteiger partial charge in [0.2, 0.25) is 0 Å². The van der Waals surface area contributed by atoms with Gasteiger partial charge in [0.05, 0.1) is 36.6 Å². The summed E-state index contributed by atoms with van der Waals surface area (Å²) in [5.41, 5.74) is 0.589. The molecule has 0 saturated carbocycles. The highest BCUT2D eigenvalue weighted by Crippen LogP contribution is 2.41. The number of aliphatic hydroxyl groups excluding tert-OH is 1. The van der Waals surface area contributed by atoms with Crippen LogP contribution in [0.5, 0.6) is 5.75 Å². The van der Waals surface area contributed by atoms with Crippen molar-refractivity contribution >= 4 is 29.1 Å². The van der Waals surface area contributed by atoms with E-state index in [4.69, 9.17) is 20.8 Å². The number of hydrogen-bond acceptors (Lipinski definition) is 5. The van der Waals surface area contributed by atoms with Crippen molar-refractivity contribution in [3.05, 3.63) is 94.2 Å². The van der Waals surface area contributed by atoms with Gasteiger partial charge >= 0.3 is 0 Å². The standard InChI is InChI=1S/C23H17ClFNO5/c1-30-18-9-6-14(11-17(18)24)21(27)19-20(13-4-7-15(25)8-5-13)26(23(29)22(19)28)12-16-3-2-10-31-16/h2-11,20,27H,12H2,1H3/b21-19-. The molecule has 8 heteroatoms. The van der Waals surface area contributed by atoms with Gasteiger partial charge in [0.25, 0.3) is 11.7 Å². The van der Waals surface area contributed by atoms with Crippen LogP contribution in [0.2, 0.25) is 5.02 Å². The molecule has 0 spiro atoms. The fourth-order valence-corrected chi connectivity index (χ4v) is 3.83. The van der Waals surface area contributed by atoms with E-state index < -0.39 is 23.5 Å². The van der Waals surface area contributed by atoms with Crippen molar-refractivity contribution in [1.29, 1.82) is 0 Å². The molecule has 2 heterocycles. The van der Waals surface area contributed by atoms with Gasteiger partial charge in [0.15, 0.2) is 0 Å². The lowest BCUT2D eigenvalue weighted by Crippen LogP contribution is -2.29. The summed E-state index contributed by atoms with van der Waals surface area (Å²) in [6, 6.07) is 12.3. The number of amides is 1. The molecule has 1 aromatic heterocycles. The van der Waals surface area contributed by atoms with E-state index >= 15 is 0 Å². The molecule has 1 aliphatic heterocycles. The number of benzene rings is 2. The van der Waals surface area contributed by atoms with Crippen LogP contribution in [-0.4, -0.2) is 28.8 Å². The molecule has 31 heavy (non-hydrogen) atoms. The Bertz CT molecular complexity index is 1170. The highest BCUT2D eigenvalue weighted by molar-refractivity contribution is 6.46. The van der Waals surface area contributed by atoms with Crippen LogP contribution in [0, 0.1) is 5.82 Å². The van der Waals surface area contributed by atoms with Crippen molar-refractivity contribution in [3.63, 3.8) is 0 Å². The van der Waals surface area contributed by atoms with Crippen LogP contribution in [-0.2, 0) is 16.1 Å². The molecule has 1 atom stereocenters. The lowest BCUT2D eigenvalue weighted by molar-refractivity contribution is -0.140. The van der Waals surface area contributed by atoms with Gasteiger partial charge in [0, 0.05) is 5.56 Å². The third-order valence-corrected chi connectivity index (χ3v) is 5.35. The van der Waals surface area contributed by atoms with Gasteiger partial charge in [-0.25, -0.2) is 4.39 Å². The second-order valence-corrected chi connectivity index (χ2v) is 7.31. The van der Waals surface area contributed by atoms with Crippen molar-refractivity contribution < 1.29 is 28.2 Å². The second-order valence-electron chi connectivity index (χ2n) is 6.91. The lowest BCUT2D eigenvalue weighted by Gasteiger charge is -2.24. The number of ether oxygens (including phenoxy) is 1. The normalized spacial score (nSPS) is 17.9. The Balaban J connectivity index is 1.86. The van der Waals surface area contributed by atoms with E-state index in [1.807, 2.05) is 0 Å². The minimum absolute atomic E-state index is 0.000233. The number of furan rings is 1. The number of aliphatic hydroxyl groups is 1. The van der Waals surface area contributed by atoms with Crippen LogP contribution in [0.4, 0.5) is 4.39 Å². The van der Waals surface area contributed by atoms with Gasteiger partial charge in [-0.2, -0.15) is 0 Å². The Morgan fingerprint density at radius 1 is 1.19 bits per heavy atom. The molecule has 1 N–H and O–H groups in total. The fraction of sp³-hybridized carbons (Fsp3) is 0.130. The summed E-state index contributed by atoms with van der Waals surface area (Å²) in [6.07, 6.45) is 1.46. The Labute approximate surface area is 182 Å². The Hall–Kier alpha value is -3.58. The number of halogens is 2. The maximum Gasteiger partial charge on any atom is 0.296 e. The third-order valence-electron chi connectivity index (χ3n) is 5.06. The molecular formula is C23H17ClFNO5. The van der Waals surface area contributed by atoms with Crippen molar-refractivity contribution in [2.45, 2.75) is 12.6 Å². The summed E-state index contributed by atoms with van der Waals surface area (Å²) in [6.45, 7) is -0.000233. The summed E-state index contributed by atoms with van der Waals surface area (Å²) in [5, 5.41) is 11.2. The predicted molar refractivity (Wildman–Crippen MR) is 111 cm³/mol. The van der Waals surface area contributed by atoms with E-state index in [0.29, 0.717) is 17.1 Å². The first kappa shape index (κ1) is 20.7. The van der Waals surface area contributed by atoms with Gasteiger partial charge in [0.1, 0.15) is 23.1 Å². The predicted octanol–water partition coefficient (Wildman–Crippen LogP) is 4.70. The van der Waals surface area contributed by atoms with Crippen molar-refractivity contribution in [2.24, 2.45) is 0 Å². The van der Waals surface area contributed by atoms with Crippen LogP contribution < -0.4 is 4.74 Å². The van der Waals surface area contributed by atoms with Crippen LogP contribution in [0.15, 0.2) is 70.9 Å². The number of carbonyl (C=O) groups excluding carboxylic acids is 2. The monoisotopic (exact) mass is 441 g/mol. The molecule has 1 aliphatic rings. The summed E-state index contributed by atoms with van der Waals surface area (Å²) < 4.78 is 24.0. The van der Waals surface area contributed by atoms with Gasteiger partial charge in [-0.3, -0.25) is 9.59 Å². The van der Waals surface area contributed by atoms with Gasteiger partial charge in [-0.15, -0.1) is 0 Å². The second kappa shape index (κ2) is 8.28. The molecule has 1 fully saturated rings. The number of likely N-dealkylation sites (tertiary alicyclic amines) is 1. The summed E-state index contributed by atoms with van der Waals surface area (Å²) in [5.74, 6) is -1.65. The van der Waals surface area contributed by atoms with Crippen LogP contribution in [0.1, 0.15) is 22.9 Å². The van der Waals surface area contributed by atoms with E-state index in [-0.39, 0.29) is 28.5 Å². The molecule has 1 amide bonds. The highest BCUT2D eigenvalue weighted by Gasteiger charge is 2.46. The molecule has 2 aromatic carbocycles. The van der Waals surface area contributed by atoms with Crippen LogP contribution in [0.25, 0.3) is 5.76 Å². The summed E-state index contributed by atoms with van der Waals surface area (Å²) in [7, 11) is 1.45. The third kappa shape index (κ3) is 3.80. The molecule has 1 saturated heterocycles.